The van der Waals surface area contributed by atoms with Crippen LogP contribution in [0.5, 0.6) is 0 Å². The molecule has 1 nitrogen and oxygen atoms in total. The molecule has 1 spiro atoms. The van der Waals surface area contributed by atoms with Gasteiger partial charge in [-0.05, 0) is 36.5 Å². The minimum Gasteiger partial charge on any atom is -0.381 e. The average Bonchev–Trinajstić information content (AvgIpc) is 2.46. The first-order valence-electron chi connectivity index (χ1n) is 4.80. The lowest BCUT2D eigenvalue weighted by Crippen LogP contribution is -2.16. The lowest BCUT2D eigenvalue weighted by Gasteiger charge is -2.19. The van der Waals surface area contributed by atoms with E-state index in [0.717, 1.165) is 25.0 Å². The highest BCUT2D eigenvalue weighted by Crippen LogP contribution is 2.49. The van der Waals surface area contributed by atoms with Gasteiger partial charge in [-0.25, -0.2) is 0 Å². The number of ether oxygens (including phenoxy) is 1. The van der Waals surface area contributed by atoms with Gasteiger partial charge in [-0.2, -0.15) is 0 Å². The fraction of sp³-hybridized carbons (Fsp3) is 1.00. The fourth-order valence-electron chi connectivity index (χ4n) is 2.82. The molecule has 64 valence electrons. The van der Waals surface area contributed by atoms with Crippen LogP contribution in [-0.4, -0.2) is 13.2 Å². The molecule has 2 fully saturated rings. The van der Waals surface area contributed by atoms with Gasteiger partial charge in [0.15, 0.2) is 0 Å². The van der Waals surface area contributed by atoms with Gasteiger partial charge < -0.3 is 4.74 Å². The Hall–Kier alpha value is -0.0400. The summed E-state index contributed by atoms with van der Waals surface area (Å²) in [5, 5.41) is 0. The van der Waals surface area contributed by atoms with E-state index < -0.39 is 0 Å². The summed E-state index contributed by atoms with van der Waals surface area (Å²) in [6, 6.07) is 0. The molecular weight excluding hydrogens is 136 g/mol. The standard InChI is InChI=1S/C10H18O/c1-8-5-10(6-9(8)2)3-4-11-7-10/h8-9H,3-7H2,1-2H3. The second kappa shape index (κ2) is 2.48. The molecule has 0 amide bonds. The summed E-state index contributed by atoms with van der Waals surface area (Å²) in [7, 11) is 0. The minimum absolute atomic E-state index is 0.610. The van der Waals surface area contributed by atoms with Crippen molar-refractivity contribution in [3.8, 4) is 0 Å². The minimum atomic E-state index is 0.610. The van der Waals surface area contributed by atoms with Crippen LogP contribution in [0.3, 0.4) is 0 Å². The van der Waals surface area contributed by atoms with Crippen molar-refractivity contribution in [1.82, 2.24) is 0 Å². The van der Waals surface area contributed by atoms with Crippen molar-refractivity contribution in [1.29, 1.82) is 0 Å². The van der Waals surface area contributed by atoms with E-state index in [2.05, 4.69) is 13.8 Å². The van der Waals surface area contributed by atoms with Gasteiger partial charge in [-0.15, -0.1) is 0 Å². The van der Waals surface area contributed by atoms with E-state index in [1.807, 2.05) is 0 Å². The molecule has 1 saturated carbocycles. The van der Waals surface area contributed by atoms with Crippen molar-refractivity contribution in [2.75, 3.05) is 13.2 Å². The maximum Gasteiger partial charge on any atom is 0.0523 e. The van der Waals surface area contributed by atoms with E-state index in [9.17, 15) is 0 Å². The molecule has 0 aromatic rings. The smallest absolute Gasteiger partial charge is 0.0523 e. The third-order valence-electron chi connectivity index (χ3n) is 3.67. The molecule has 11 heavy (non-hydrogen) atoms. The lowest BCUT2D eigenvalue weighted by atomic mass is 9.85. The first-order chi connectivity index (χ1) is 5.22. The normalized spacial score (nSPS) is 50.7. The van der Waals surface area contributed by atoms with Crippen LogP contribution in [0.1, 0.15) is 33.1 Å². The lowest BCUT2D eigenvalue weighted by molar-refractivity contribution is 0.151. The zero-order chi connectivity index (χ0) is 7.90. The van der Waals surface area contributed by atoms with Crippen LogP contribution in [-0.2, 0) is 4.74 Å². The Morgan fingerprint density at radius 3 is 2.27 bits per heavy atom. The number of hydrogen-bond donors (Lipinski definition) is 0. The summed E-state index contributed by atoms with van der Waals surface area (Å²) in [5.41, 5.74) is 0.610. The SMILES string of the molecule is CC1CC2(CCOC2)CC1C. The van der Waals surface area contributed by atoms with Crippen LogP contribution in [0, 0.1) is 17.3 Å². The Labute approximate surface area is 69.1 Å². The molecule has 1 aliphatic heterocycles. The van der Waals surface area contributed by atoms with Crippen LogP contribution < -0.4 is 0 Å². The topological polar surface area (TPSA) is 9.23 Å². The van der Waals surface area contributed by atoms with E-state index in [4.69, 9.17) is 4.74 Å². The van der Waals surface area contributed by atoms with E-state index >= 15 is 0 Å². The highest BCUT2D eigenvalue weighted by Gasteiger charge is 2.43. The highest BCUT2D eigenvalue weighted by molar-refractivity contribution is 4.93. The molecule has 1 aliphatic carbocycles. The molecule has 0 N–H and O–H groups in total. The van der Waals surface area contributed by atoms with Crippen molar-refractivity contribution in [2.24, 2.45) is 17.3 Å². The first kappa shape index (κ1) is 7.60. The second-order valence-electron chi connectivity index (χ2n) is 4.67. The first-order valence-corrected chi connectivity index (χ1v) is 4.80. The quantitative estimate of drug-likeness (QED) is 0.521. The molecule has 2 rings (SSSR count). The molecule has 2 unspecified atom stereocenters. The van der Waals surface area contributed by atoms with Gasteiger partial charge in [-0.3, -0.25) is 0 Å². The Bertz CT molecular complexity index is 135. The van der Waals surface area contributed by atoms with E-state index in [-0.39, 0.29) is 0 Å². The summed E-state index contributed by atoms with van der Waals surface area (Å²) in [4.78, 5) is 0. The molecule has 0 aromatic carbocycles. The maximum absolute atomic E-state index is 5.48. The van der Waals surface area contributed by atoms with Gasteiger partial charge in [0.25, 0.3) is 0 Å². The highest BCUT2D eigenvalue weighted by atomic mass is 16.5. The monoisotopic (exact) mass is 154 g/mol. The van der Waals surface area contributed by atoms with Crippen LogP contribution >= 0.6 is 0 Å². The van der Waals surface area contributed by atoms with Crippen molar-refractivity contribution >= 4 is 0 Å². The van der Waals surface area contributed by atoms with Gasteiger partial charge in [0, 0.05) is 6.61 Å². The zero-order valence-electron chi connectivity index (χ0n) is 7.60. The van der Waals surface area contributed by atoms with Crippen molar-refractivity contribution in [2.45, 2.75) is 33.1 Å². The summed E-state index contributed by atoms with van der Waals surface area (Å²) in [6.45, 7) is 6.83. The van der Waals surface area contributed by atoms with Crippen LogP contribution in [0.25, 0.3) is 0 Å². The van der Waals surface area contributed by atoms with Gasteiger partial charge in [-0.1, -0.05) is 13.8 Å². The molecule has 2 atom stereocenters. The molecule has 1 heteroatoms. The predicted octanol–water partition coefficient (Wildman–Crippen LogP) is 2.46. The summed E-state index contributed by atoms with van der Waals surface area (Å²) in [5.74, 6) is 1.85. The van der Waals surface area contributed by atoms with E-state index in [0.29, 0.717) is 5.41 Å². The Kier molecular flexibility index (Phi) is 1.71. The zero-order valence-corrected chi connectivity index (χ0v) is 7.60. The molecule has 0 radical (unpaired) electrons. The third kappa shape index (κ3) is 1.20. The largest absolute Gasteiger partial charge is 0.381 e. The predicted molar refractivity (Wildman–Crippen MR) is 45.4 cm³/mol. The fourth-order valence-corrected chi connectivity index (χ4v) is 2.82. The molecule has 1 heterocycles. The average molecular weight is 154 g/mol. The summed E-state index contributed by atoms with van der Waals surface area (Å²) in [6.07, 6.45) is 4.14. The van der Waals surface area contributed by atoms with Crippen molar-refractivity contribution in [3.05, 3.63) is 0 Å². The second-order valence-corrected chi connectivity index (χ2v) is 4.67. The van der Waals surface area contributed by atoms with Gasteiger partial charge in [0.05, 0.1) is 6.61 Å². The molecule has 0 bridgehead atoms. The van der Waals surface area contributed by atoms with E-state index in [1.54, 1.807) is 0 Å². The molecule has 2 aliphatic rings. The van der Waals surface area contributed by atoms with Crippen molar-refractivity contribution in [3.63, 3.8) is 0 Å². The van der Waals surface area contributed by atoms with Gasteiger partial charge in [0.2, 0.25) is 0 Å². The molecule has 1 saturated heterocycles. The Morgan fingerprint density at radius 2 is 1.82 bits per heavy atom. The van der Waals surface area contributed by atoms with E-state index in [1.165, 1.54) is 19.3 Å². The summed E-state index contributed by atoms with van der Waals surface area (Å²) < 4.78 is 5.48. The molecular formula is C10H18O. The van der Waals surface area contributed by atoms with Crippen LogP contribution in [0.4, 0.5) is 0 Å². The van der Waals surface area contributed by atoms with Gasteiger partial charge in [0.1, 0.15) is 0 Å². The van der Waals surface area contributed by atoms with Gasteiger partial charge >= 0.3 is 0 Å². The Morgan fingerprint density at radius 1 is 1.18 bits per heavy atom. The van der Waals surface area contributed by atoms with Crippen molar-refractivity contribution < 1.29 is 4.74 Å². The maximum atomic E-state index is 5.48. The van der Waals surface area contributed by atoms with Crippen LogP contribution in [0.15, 0.2) is 0 Å². The molecule has 0 aromatic heterocycles. The van der Waals surface area contributed by atoms with Crippen LogP contribution in [0.2, 0.25) is 0 Å². The number of rotatable bonds is 0. The summed E-state index contributed by atoms with van der Waals surface area (Å²) >= 11 is 0. The Balaban J connectivity index is 2.06. The number of hydrogen-bond acceptors (Lipinski definition) is 1. The third-order valence-corrected chi connectivity index (χ3v) is 3.67.